The number of carbonyl (C=O) groups is 1. The number of ether oxygens (including phenoxy) is 2. The molecule has 1 aliphatic rings. The maximum atomic E-state index is 13.2. The van der Waals surface area contributed by atoms with Crippen molar-refractivity contribution in [2.45, 2.75) is 12.3 Å². The van der Waals surface area contributed by atoms with Crippen molar-refractivity contribution in [3.63, 3.8) is 0 Å². The van der Waals surface area contributed by atoms with E-state index in [0.29, 0.717) is 45.4 Å². The van der Waals surface area contributed by atoms with Gasteiger partial charge in [0.25, 0.3) is 0 Å². The number of amides is 1. The van der Waals surface area contributed by atoms with Crippen molar-refractivity contribution in [1.29, 1.82) is 0 Å². The smallest absolute Gasteiger partial charge is 0.232 e. The second kappa shape index (κ2) is 12.0. The highest BCUT2D eigenvalue weighted by molar-refractivity contribution is 5.86. The van der Waals surface area contributed by atoms with Crippen LogP contribution in [0.25, 0.3) is 0 Å². The highest BCUT2D eigenvalue weighted by Gasteiger charge is 2.27. The zero-order valence-corrected chi connectivity index (χ0v) is 18.3. The predicted molar refractivity (Wildman–Crippen MR) is 123 cm³/mol. The summed E-state index contributed by atoms with van der Waals surface area (Å²) in [6.45, 7) is 3.61. The van der Waals surface area contributed by atoms with Crippen LogP contribution in [0.5, 0.6) is 5.75 Å². The van der Waals surface area contributed by atoms with Gasteiger partial charge in [-0.05, 0) is 23.6 Å². The number of rotatable bonds is 8. The number of carbonyl (C=O) groups excluding carboxylic acids is 1. The van der Waals surface area contributed by atoms with Crippen molar-refractivity contribution in [3.05, 3.63) is 65.7 Å². The van der Waals surface area contributed by atoms with Gasteiger partial charge in [-0.1, -0.05) is 48.5 Å². The van der Waals surface area contributed by atoms with Gasteiger partial charge in [0.05, 0.1) is 26.2 Å². The summed E-state index contributed by atoms with van der Waals surface area (Å²) < 4.78 is 10.8. The minimum Gasteiger partial charge on any atom is -0.496 e. The van der Waals surface area contributed by atoms with E-state index in [2.05, 4.69) is 21.7 Å². The summed E-state index contributed by atoms with van der Waals surface area (Å²) in [6, 6.07) is 17.9. The van der Waals surface area contributed by atoms with Gasteiger partial charge in [-0.15, -0.1) is 0 Å². The van der Waals surface area contributed by atoms with Gasteiger partial charge in [-0.2, -0.15) is 0 Å². The third-order valence-corrected chi connectivity index (χ3v) is 5.40. The SMILES string of the molecule is CN=C(NCCc1ccccc1OC)NCC(C(=O)N1CCOCC1)c1ccccc1. The molecule has 0 spiro atoms. The molecule has 166 valence electrons. The van der Waals surface area contributed by atoms with E-state index in [0.717, 1.165) is 23.3 Å². The van der Waals surface area contributed by atoms with Crippen molar-refractivity contribution < 1.29 is 14.3 Å². The van der Waals surface area contributed by atoms with Crippen LogP contribution in [0.4, 0.5) is 0 Å². The van der Waals surface area contributed by atoms with Crippen molar-refractivity contribution in [2.75, 3.05) is 53.6 Å². The summed E-state index contributed by atoms with van der Waals surface area (Å²) in [7, 11) is 3.42. The predicted octanol–water partition coefficient (Wildman–Crippen LogP) is 2.05. The second-order valence-corrected chi connectivity index (χ2v) is 7.34. The van der Waals surface area contributed by atoms with Crippen molar-refractivity contribution in [2.24, 2.45) is 4.99 Å². The molecule has 31 heavy (non-hydrogen) atoms. The quantitative estimate of drug-likeness (QED) is 0.501. The third kappa shape index (κ3) is 6.46. The number of para-hydroxylation sites is 1. The molecule has 0 bridgehead atoms. The van der Waals surface area contributed by atoms with Gasteiger partial charge in [0.15, 0.2) is 5.96 Å². The molecule has 0 aromatic heterocycles. The summed E-state index contributed by atoms with van der Waals surface area (Å²) >= 11 is 0. The van der Waals surface area contributed by atoms with Crippen LogP contribution in [-0.4, -0.2) is 70.3 Å². The first-order valence-corrected chi connectivity index (χ1v) is 10.7. The number of hydrogen-bond donors (Lipinski definition) is 2. The number of aliphatic imine (C=N–C) groups is 1. The van der Waals surface area contributed by atoms with E-state index >= 15 is 0 Å². The average molecular weight is 425 g/mol. The number of benzene rings is 2. The largest absolute Gasteiger partial charge is 0.496 e. The first-order chi connectivity index (χ1) is 15.2. The molecule has 0 aliphatic carbocycles. The minimum absolute atomic E-state index is 0.117. The third-order valence-electron chi connectivity index (χ3n) is 5.40. The summed E-state index contributed by atoms with van der Waals surface area (Å²) in [5, 5.41) is 6.66. The molecule has 1 unspecified atom stereocenters. The maximum Gasteiger partial charge on any atom is 0.232 e. The number of nitrogens with one attached hydrogen (secondary N) is 2. The topological polar surface area (TPSA) is 75.2 Å². The van der Waals surface area contributed by atoms with Gasteiger partial charge in [0, 0.05) is 33.2 Å². The van der Waals surface area contributed by atoms with Crippen LogP contribution in [-0.2, 0) is 16.0 Å². The standard InChI is InChI=1S/C24H32N4O3/c1-25-24(26-13-12-20-10-6-7-11-22(20)30-2)27-18-21(19-8-4-3-5-9-19)23(29)28-14-16-31-17-15-28/h3-11,21H,12-18H2,1-2H3,(H2,25,26,27). The number of morpholine rings is 1. The summed E-state index contributed by atoms with van der Waals surface area (Å²) in [5.74, 6) is 1.39. The molecule has 0 saturated carbocycles. The number of methoxy groups -OCH3 is 1. The normalized spacial score (nSPS) is 15.3. The van der Waals surface area contributed by atoms with Crippen molar-refractivity contribution in [3.8, 4) is 5.75 Å². The molecule has 2 aromatic carbocycles. The van der Waals surface area contributed by atoms with E-state index in [4.69, 9.17) is 9.47 Å². The van der Waals surface area contributed by atoms with E-state index in [1.165, 1.54) is 0 Å². The summed E-state index contributed by atoms with van der Waals surface area (Å²) in [4.78, 5) is 19.4. The number of nitrogens with zero attached hydrogens (tertiary/aromatic N) is 2. The van der Waals surface area contributed by atoms with E-state index in [-0.39, 0.29) is 11.8 Å². The fraction of sp³-hybridized carbons (Fsp3) is 0.417. The Hall–Kier alpha value is -3.06. The second-order valence-electron chi connectivity index (χ2n) is 7.34. The lowest BCUT2D eigenvalue weighted by Crippen LogP contribution is -2.47. The molecule has 1 fully saturated rings. The lowest BCUT2D eigenvalue weighted by Gasteiger charge is -2.31. The van der Waals surface area contributed by atoms with Crippen LogP contribution in [0.1, 0.15) is 17.0 Å². The first-order valence-electron chi connectivity index (χ1n) is 10.7. The molecule has 1 heterocycles. The van der Waals surface area contributed by atoms with Crippen LogP contribution in [0.15, 0.2) is 59.6 Å². The molecule has 7 heteroatoms. The Morgan fingerprint density at radius 1 is 1.10 bits per heavy atom. The van der Waals surface area contributed by atoms with Crippen LogP contribution >= 0.6 is 0 Å². The maximum absolute atomic E-state index is 13.2. The fourth-order valence-corrected chi connectivity index (χ4v) is 3.68. The van der Waals surface area contributed by atoms with Crippen LogP contribution in [0, 0.1) is 0 Å². The summed E-state index contributed by atoms with van der Waals surface area (Å²) in [5.41, 5.74) is 2.13. The zero-order valence-electron chi connectivity index (χ0n) is 18.3. The fourth-order valence-electron chi connectivity index (χ4n) is 3.68. The molecule has 2 N–H and O–H groups in total. The van der Waals surface area contributed by atoms with E-state index < -0.39 is 0 Å². The molecular weight excluding hydrogens is 392 g/mol. The van der Waals surface area contributed by atoms with Gasteiger partial charge in [-0.25, -0.2) is 0 Å². The molecule has 1 atom stereocenters. The molecule has 7 nitrogen and oxygen atoms in total. The van der Waals surface area contributed by atoms with Gasteiger partial charge in [0.1, 0.15) is 5.75 Å². The minimum atomic E-state index is -0.285. The number of guanidine groups is 1. The zero-order chi connectivity index (χ0) is 21.9. The van der Waals surface area contributed by atoms with Gasteiger partial charge >= 0.3 is 0 Å². The molecule has 0 radical (unpaired) electrons. The molecule has 1 saturated heterocycles. The summed E-state index contributed by atoms with van der Waals surface area (Å²) in [6.07, 6.45) is 0.805. The Morgan fingerprint density at radius 2 is 1.81 bits per heavy atom. The van der Waals surface area contributed by atoms with Crippen molar-refractivity contribution >= 4 is 11.9 Å². The highest BCUT2D eigenvalue weighted by atomic mass is 16.5. The Morgan fingerprint density at radius 3 is 2.52 bits per heavy atom. The van der Waals surface area contributed by atoms with Crippen molar-refractivity contribution in [1.82, 2.24) is 15.5 Å². The van der Waals surface area contributed by atoms with Crippen LogP contribution in [0.2, 0.25) is 0 Å². The lowest BCUT2D eigenvalue weighted by molar-refractivity contribution is -0.136. The number of hydrogen-bond acceptors (Lipinski definition) is 4. The molecule has 2 aromatic rings. The Bertz CT molecular complexity index is 851. The first kappa shape index (κ1) is 22.6. The van der Waals surface area contributed by atoms with Gasteiger partial charge < -0.3 is 25.0 Å². The molecule has 1 amide bonds. The van der Waals surface area contributed by atoms with E-state index in [1.807, 2.05) is 53.4 Å². The lowest BCUT2D eigenvalue weighted by atomic mass is 9.97. The Balaban J connectivity index is 1.59. The Kier molecular flexibility index (Phi) is 8.72. The van der Waals surface area contributed by atoms with E-state index in [9.17, 15) is 4.79 Å². The van der Waals surface area contributed by atoms with Crippen LogP contribution < -0.4 is 15.4 Å². The van der Waals surface area contributed by atoms with Crippen LogP contribution in [0.3, 0.4) is 0 Å². The van der Waals surface area contributed by atoms with E-state index in [1.54, 1.807) is 14.2 Å². The van der Waals surface area contributed by atoms with Gasteiger partial charge in [-0.3, -0.25) is 9.79 Å². The average Bonchev–Trinajstić information content (AvgIpc) is 2.84. The Labute approximate surface area is 184 Å². The molecule has 1 aliphatic heterocycles. The van der Waals surface area contributed by atoms with Gasteiger partial charge in [0.2, 0.25) is 5.91 Å². The molecular formula is C24H32N4O3. The highest BCUT2D eigenvalue weighted by Crippen LogP contribution is 2.19. The monoisotopic (exact) mass is 424 g/mol. The molecule has 3 rings (SSSR count).